The highest BCUT2D eigenvalue weighted by Crippen LogP contribution is 2.43. The molecule has 0 aromatic heterocycles. The summed E-state index contributed by atoms with van der Waals surface area (Å²) in [6, 6.07) is 28.3. The lowest BCUT2D eigenvalue weighted by Crippen LogP contribution is -2.38. The monoisotopic (exact) mass is 595 g/mol. The van der Waals surface area contributed by atoms with E-state index in [1.807, 2.05) is 24.3 Å². The van der Waals surface area contributed by atoms with E-state index in [2.05, 4.69) is 6.92 Å². The molecule has 0 spiro atoms. The van der Waals surface area contributed by atoms with Crippen LogP contribution in [0.2, 0.25) is 0 Å². The number of hydrogen-bond acceptors (Lipinski definition) is 7. The Kier molecular flexibility index (Phi) is 8.14. The van der Waals surface area contributed by atoms with Gasteiger partial charge in [-0.25, -0.2) is 9.69 Å². The van der Waals surface area contributed by atoms with Gasteiger partial charge in [0, 0.05) is 22.1 Å². The van der Waals surface area contributed by atoms with Crippen molar-refractivity contribution in [1.29, 1.82) is 0 Å². The van der Waals surface area contributed by atoms with Gasteiger partial charge in [0.15, 0.2) is 6.29 Å². The third-order valence-electron chi connectivity index (χ3n) is 7.86. The Hall–Kier alpha value is -4.28. The van der Waals surface area contributed by atoms with Crippen molar-refractivity contribution in [2.75, 3.05) is 10.7 Å². The molecular formula is C34H29NO7S. The molecule has 0 radical (unpaired) electrons. The zero-order chi connectivity index (χ0) is 30.1. The van der Waals surface area contributed by atoms with Gasteiger partial charge in [-0.3, -0.25) is 9.59 Å². The van der Waals surface area contributed by atoms with Crippen LogP contribution in [0.25, 0.3) is 0 Å². The summed E-state index contributed by atoms with van der Waals surface area (Å²) in [7, 11) is 0. The third-order valence-corrected chi connectivity index (χ3v) is 8.96. The van der Waals surface area contributed by atoms with Crippen molar-refractivity contribution in [3.05, 3.63) is 130 Å². The molecule has 1 fully saturated rings. The highest BCUT2D eigenvalue weighted by Gasteiger charge is 2.39. The number of fused-ring (bicyclic) bond motifs is 1. The average molecular weight is 596 g/mol. The van der Waals surface area contributed by atoms with E-state index in [1.165, 1.54) is 4.90 Å². The Morgan fingerprint density at radius 3 is 2.00 bits per heavy atom. The molecule has 4 unspecified atom stereocenters. The minimum Gasteiger partial charge on any atom is -0.478 e. The number of thioether (sulfide) groups is 1. The first-order valence-electron chi connectivity index (χ1n) is 13.9. The van der Waals surface area contributed by atoms with E-state index in [0.717, 1.165) is 21.6 Å². The summed E-state index contributed by atoms with van der Waals surface area (Å²) in [5, 5.41) is 18.7. The summed E-state index contributed by atoms with van der Waals surface area (Å²) in [5.41, 5.74) is 3.98. The van der Waals surface area contributed by atoms with Crippen molar-refractivity contribution in [2.24, 2.45) is 5.92 Å². The summed E-state index contributed by atoms with van der Waals surface area (Å²) < 4.78 is 13.0. The van der Waals surface area contributed by atoms with Crippen LogP contribution in [0, 0.1) is 5.92 Å². The van der Waals surface area contributed by atoms with E-state index < -0.39 is 12.3 Å². The smallest absolute Gasteiger partial charge is 0.335 e. The number of benzene rings is 4. The van der Waals surface area contributed by atoms with Gasteiger partial charge in [-0.1, -0.05) is 55.5 Å². The first kappa shape index (κ1) is 28.8. The molecule has 218 valence electrons. The van der Waals surface area contributed by atoms with E-state index in [-0.39, 0.29) is 42.1 Å². The number of ether oxygens (including phenoxy) is 2. The van der Waals surface area contributed by atoms with E-state index in [4.69, 9.17) is 9.47 Å². The van der Waals surface area contributed by atoms with Crippen molar-refractivity contribution >= 4 is 35.2 Å². The second-order valence-electron chi connectivity index (χ2n) is 10.5. The number of rotatable bonds is 8. The van der Waals surface area contributed by atoms with Crippen LogP contribution >= 0.6 is 11.8 Å². The number of anilines is 1. The molecular weight excluding hydrogens is 566 g/mol. The molecule has 4 aromatic rings. The molecule has 2 aliphatic heterocycles. The van der Waals surface area contributed by atoms with E-state index in [0.29, 0.717) is 22.6 Å². The number of amides is 2. The van der Waals surface area contributed by atoms with Gasteiger partial charge >= 0.3 is 5.97 Å². The average Bonchev–Trinajstić information content (AvgIpc) is 3.30. The maximum atomic E-state index is 13.0. The fourth-order valence-corrected chi connectivity index (χ4v) is 6.45. The number of nitrogens with zero attached hydrogens (tertiary/aromatic N) is 1. The number of carbonyl (C=O) groups excluding carboxylic acids is 2. The molecule has 4 aromatic carbocycles. The summed E-state index contributed by atoms with van der Waals surface area (Å²) in [6.45, 7) is 2.03. The van der Waals surface area contributed by atoms with Crippen LogP contribution < -0.4 is 4.90 Å². The lowest BCUT2D eigenvalue weighted by molar-refractivity contribution is -0.268. The molecule has 2 amide bonds. The third kappa shape index (κ3) is 5.72. The van der Waals surface area contributed by atoms with Crippen LogP contribution in [-0.2, 0) is 16.1 Å². The molecule has 9 heteroatoms. The number of hydrogen-bond donors (Lipinski definition) is 2. The number of aliphatic hydroxyl groups excluding tert-OH is 1. The second kappa shape index (κ2) is 12.1. The van der Waals surface area contributed by atoms with Gasteiger partial charge in [-0.05, 0) is 59.7 Å². The minimum absolute atomic E-state index is 0.0281. The van der Waals surface area contributed by atoms with Crippen LogP contribution in [0.15, 0.2) is 102 Å². The molecule has 43 heavy (non-hydrogen) atoms. The highest BCUT2D eigenvalue weighted by atomic mass is 32.2. The van der Waals surface area contributed by atoms with Crippen molar-refractivity contribution in [3.8, 4) is 0 Å². The summed E-state index contributed by atoms with van der Waals surface area (Å²) in [6.07, 6.45) is -1.24. The van der Waals surface area contributed by atoms with Gasteiger partial charge in [-0.15, -0.1) is 11.8 Å². The van der Waals surface area contributed by atoms with Crippen LogP contribution in [0.5, 0.6) is 0 Å². The fourth-order valence-electron chi connectivity index (χ4n) is 5.39. The Bertz CT molecular complexity index is 1620. The number of carboxylic acids is 1. The molecule has 2 aliphatic rings. The Labute approximate surface area is 252 Å². The molecule has 1 saturated heterocycles. The van der Waals surface area contributed by atoms with Crippen molar-refractivity contribution in [2.45, 2.75) is 36.9 Å². The Morgan fingerprint density at radius 2 is 1.42 bits per heavy atom. The van der Waals surface area contributed by atoms with Crippen LogP contribution in [0.3, 0.4) is 0 Å². The summed E-state index contributed by atoms with van der Waals surface area (Å²) >= 11 is 1.58. The predicted octanol–water partition coefficient (Wildman–Crippen LogP) is 6.26. The molecule has 6 rings (SSSR count). The van der Waals surface area contributed by atoms with Crippen LogP contribution in [0.1, 0.15) is 67.1 Å². The maximum Gasteiger partial charge on any atom is 0.335 e. The number of imide groups is 1. The van der Waals surface area contributed by atoms with Crippen LogP contribution in [-0.4, -0.2) is 39.9 Å². The fraction of sp³-hybridized carbons (Fsp3) is 0.206. The summed E-state index contributed by atoms with van der Waals surface area (Å²) in [4.78, 5) is 39.3. The predicted molar refractivity (Wildman–Crippen MR) is 161 cm³/mol. The van der Waals surface area contributed by atoms with Crippen LogP contribution in [0.4, 0.5) is 5.69 Å². The maximum absolute atomic E-state index is 13.0. The normalized spacial score (nSPS) is 21.6. The van der Waals surface area contributed by atoms with E-state index in [1.54, 1.807) is 84.6 Å². The van der Waals surface area contributed by atoms with Gasteiger partial charge in [0.2, 0.25) is 0 Å². The quantitative estimate of drug-likeness (QED) is 0.181. The lowest BCUT2D eigenvalue weighted by Gasteiger charge is -2.41. The number of carbonyl (C=O) groups is 3. The molecule has 0 aliphatic carbocycles. The second-order valence-corrected chi connectivity index (χ2v) is 11.6. The first-order valence-corrected chi connectivity index (χ1v) is 14.9. The molecule has 8 nitrogen and oxygen atoms in total. The molecule has 0 bridgehead atoms. The zero-order valence-corrected chi connectivity index (χ0v) is 24.1. The molecule has 2 heterocycles. The van der Waals surface area contributed by atoms with Gasteiger partial charge in [0.1, 0.15) is 0 Å². The minimum atomic E-state index is -0.968. The number of aromatic carboxylic acids is 1. The topological polar surface area (TPSA) is 113 Å². The molecule has 2 N–H and O–H groups in total. The van der Waals surface area contributed by atoms with E-state index >= 15 is 0 Å². The largest absolute Gasteiger partial charge is 0.478 e. The van der Waals surface area contributed by atoms with Gasteiger partial charge in [0.25, 0.3) is 11.8 Å². The zero-order valence-electron chi connectivity index (χ0n) is 23.3. The molecule has 4 atom stereocenters. The molecule has 0 saturated carbocycles. The standard InChI is InChI=1S/C34H29NO7S/c1-20-29(19-43-26-16-12-23(13-17-26)33(39)40)41-34(42-30(20)22-8-6-21(18-36)7-9-22)24-10-14-25(15-11-24)35-31(37)27-4-2-3-5-28(27)32(35)38/h2-17,20,29-30,34,36H,18-19H2,1H3,(H,39,40). The van der Waals surface area contributed by atoms with Gasteiger partial charge in [0.05, 0.1) is 41.2 Å². The van der Waals surface area contributed by atoms with Crippen molar-refractivity contribution < 1.29 is 34.1 Å². The van der Waals surface area contributed by atoms with E-state index in [9.17, 15) is 24.6 Å². The van der Waals surface area contributed by atoms with Gasteiger partial charge in [-0.2, -0.15) is 0 Å². The van der Waals surface area contributed by atoms with Crippen molar-refractivity contribution in [3.63, 3.8) is 0 Å². The first-order chi connectivity index (χ1) is 20.8. The Balaban J connectivity index is 1.24. The summed E-state index contributed by atoms with van der Waals surface area (Å²) in [5.74, 6) is -1.10. The van der Waals surface area contributed by atoms with Gasteiger partial charge < -0.3 is 19.7 Å². The Morgan fingerprint density at radius 1 is 0.814 bits per heavy atom. The SMILES string of the molecule is CC1C(CSc2ccc(C(=O)O)cc2)OC(c2ccc(N3C(=O)c4ccccc4C3=O)cc2)OC1c1ccc(CO)cc1. The highest BCUT2D eigenvalue weighted by molar-refractivity contribution is 7.99. The number of carboxylic acid groups (broad SMARTS) is 1. The lowest BCUT2D eigenvalue weighted by atomic mass is 9.91. The van der Waals surface area contributed by atoms with Crippen molar-refractivity contribution in [1.82, 2.24) is 0 Å². The number of aliphatic hydroxyl groups is 1.